The molecule has 1 saturated heterocycles. The standard InChI is InChI=1S/C30H27F6NO4/c1-2-19-39-23-13-11-21(12-14-23)20-37-17-15-22(16-18-37)28(38,24-7-3-5-9-26(24)40-29(31,32)33)25-8-4-6-10-27(25)41-30(34,35)36/h1,3-14,22,38H,15-20H2. The molecule has 1 aliphatic heterocycles. The second-order valence-corrected chi connectivity index (χ2v) is 9.54. The first kappa shape index (κ1) is 30.1. The fourth-order valence-corrected chi connectivity index (χ4v) is 5.16. The molecular formula is C30H27F6NO4. The topological polar surface area (TPSA) is 51.2 Å². The maximum atomic E-state index is 13.3. The second kappa shape index (κ2) is 12.3. The Morgan fingerprint density at radius 3 is 1.73 bits per heavy atom. The van der Waals surface area contributed by atoms with Gasteiger partial charge in [0, 0.05) is 17.7 Å². The number of hydrogen-bond acceptors (Lipinski definition) is 5. The van der Waals surface area contributed by atoms with Crippen molar-refractivity contribution in [2.24, 2.45) is 5.92 Å². The number of likely N-dealkylation sites (tertiary alicyclic amines) is 1. The number of rotatable bonds is 9. The van der Waals surface area contributed by atoms with E-state index in [2.05, 4.69) is 20.3 Å². The molecule has 0 amide bonds. The molecular weight excluding hydrogens is 552 g/mol. The molecule has 5 nitrogen and oxygen atoms in total. The molecule has 0 aromatic heterocycles. The molecule has 1 N–H and O–H groups in total. The molecule has 0 aliphatic carbocycles. The van der Waals surface area contributed by atoms with Crippen LogP contribution in [-0.2, 0) is 12.1 Å². The molecule has 4 rings (SSSR count). The summed E-state index contributed by atoms with van der Waals surface area (Å²) in [6, 6.07) is 17.2. The predicted molar refractivity (Wildman–Crippen MR) is 138 cm³/mol. The van der Waals surface area contributed by atoms with Gasteiger partial charge in [0.2, 0.25) is 0 Å². The predicted octanol–water partition coefficient (Wildman–Crippen LogP) is 6.64. The van der Waals surface area contributed by atoms with Crippen LogP contribution in [0.25, 0.3) is 0 Å². The molecule has 0 saturated carbocycles. The Kier molecular flexibility index (Phi) is 9.05. The zero-order valence-corrected chi connectivity index (χ0v) is 21.7. The molecule has 41 heavy (non-hydrogen) atoms. The van der Waals surface area contributed by atoms with Gasteiger partial charge in [-0.1, -0.05) is 54.5 Å². The second-order valence-electron chi connectivity index (χ2n) is 9.54. The summed E-state index contributed by atoms with van der Waals surface area (Å²) >= 11 is 0. The monoisotopic (exact) mass is 579 g/mol. The molecule has 1 heterocycles. The molecule has 0 unspecified atom stereocenters. The summed E-state index contributed by atoms with van der Waals surface area (Å²) in [5.41, 5.74) is -1.95. The molecule has 218 valence electrons. The van der Waals surface area contributed by atoms with Crippen LogP contribution in [0.3, 0.4) is 0 Å². The van der Waals surface area contributed by atoms with Crippen molar-refractivity contribution in [2.45, 2.75) is 37.7 Å². The van der Waals surface area contributed by atoms with Crippen molar-refractivity contribution in [3.05, 3.63) is 89.5 Å². The molecule has 0 bridgehead atoms. The van der Waals surface area contributed by atoms with Crippen molar-refractivity contribution in [3.8, 4) is 29.6 Å². The summed E-state index contributed by atoms with van der Waals surface area (Å²) < 4.78 is 93.6. The van der Waals surface area contributed by atoms with Crippen LogP contribution >= 0.6 is 0 Å². The van der Waals surface area contributed by atoms with Gasteiger partial charge in [-0.15, -0.1) is 32.8 Å². The Balaban J connectivity index is 1.64. The quantitative estimate of drug-likeness (QED) is 0.228. The van der Waals surface area contributed by atoms with Crippen LogP contribution in [0, 0.1) is 18.3 Å². The van der Waals surface area contributed by atoms with Crippen LogP contribution in [0.2, 0.25) is 0 Å². The molecule has 0 spiro atoms. The van der Waals surface area contributed by atoms with Crippen LogP contribution < -0.4 is 14.2 Å². The first-order valence-electron chi connectivity index (χ1n) is 12.7. The highest BCUT2D eigenvalue weighted by molar-refractivity contribution is 5.50. The molecule has 1 aliphatic rings. The van der Waals surface area contributed by atoms with Gasteiger partial charge in [0.1, 0.15) is 29.5 Å². The first-order chi connectivity index (χ1) is 19.4. The summed E-state index contributed by atoms with van der Waals surface area (Å²) in [7, 11) is 0. The molecule has 3 aromatic rings. The van der Waals surface area contributed by atoms with E-state index in [4.69, 9.17) is 11.2 Å². The van der Waals surface area contributed by atoms with E-state index >= 15 is 0 Å². The number of aliphatic hydroxyl groups is 1. The number of nitrogens with zero attached hydrogens (tertiary/aromatic N) is 1. The van der Waals surface area contributed by atoms with Crippen molar-refractivity contribution in [1.82, 2.24) is 4.90 Å². The lowest BCUT2D eigenvalue weighted by Crippen LogP contribution is -2.44. The minimum absolute atomic E-state index is 0.143. The average Bonchev–Trinajstić information content (AvgIpc) is 2.91. The van der Waals surface area contributed by atoms with E-state index in [1.165, 1.54) is 36.4 Å². The Bertz CT molecular complexity index is 1280. The van der Waals surface area contributed by atoms with Gasteiger partial charge in [0.25, 0.3) is 0 Å². The third-order valence-corrected chi connectivity index (χ3v) is 6.88. The van der Waals surface area contributed by atoms with Crippen LogP contribution in [0.1, 0.15) is 29.5 Å². The Morgan fingerprint density at radius 1 is 0.780 bits per heavy atom. The summed E-state index contributed by atoms with van der Waals surface area (Å²) in [5.74, 6) is 0.820. The number of piperidine rings is 1. The highest BCUT2D eigenvalue weighted by Crippen LogP contribution is 2.49. The van der Waals surface area contributed by atoms with Crippen LogP contribution in [0.4, 0.5) is 26.3 Å². The lowest BCUT2D eigenvalue weighted by molar-refractivity contribution is -0.275. The van der Waals surface area contributed by atoms with Gasteiger partial charge in [-0.25, -0.2) is 0 Å². The number of hydrogen-bond donors (Lipinski definition) is 1. The smallest absolute Gasteiger partial charge is 0.481 e. The van der Waals surface area contributed by atoms with E-state index in [1.54, 1.807) is 12.1 Å². The van der Waals surface area contributed by atoms with Gasteiger partial charge < -0.3 is 19.3 Å². The van der Waals surface area contributed by atoms with Crippen molar-refractivity contribution in [1.29, 1.82) is 0 Å². The largest absolute Gasteiger partial charge is 0.573 e. The van der Waals surface area contributed by atoms with Gasteiger partial charge in [-0.05, 0) is 61.7 Å². The minimum atomic E-state index is -5.09. The first-order valence-corrected chi connectivity index (χ1v) is 12.7. The Hall–Kier alpha value is -3.88. The lowest BCUT2D eigenvalue weighted by atomic mass is 9.71. The molecule has 0 atom stereocenters. The Morgan fingerprint density at radius 2 is 1.27 bits per heavy atom. The number of terminal acetylenes is 1. The highest BCUT2D eigenvalue weighted by atomic mass is 19.4. The van der Waals surface area contributed by atoms with E-state index in [0.717, 1.165) is 17.7 Å². The van der Waals surface area contributed by atoms with Gasteiger partial charge >= 0.3 is 12.7 Å². The van der Waals surface area contributed by atoms with Crippen LogP contribution in [0.15, 0.2) is 72.8 Å². The third kappa shape index (κ3) is 7.65. The maximum Gasteiger partial charge on any atom is 0.573 e. The van der Waals surface area contributed by atoms with E-state index in [-0.39, 0.29) is 30.6 Å². The van der Waals surface area contributed by atoms with Gasteiger partial charge in [0.05, 0.1) is 0 Å². The maximum absolute atomic E-state index is 13.3. The molecule has 0 radical (unpaired) electrons. The van der Waals surface area contributed by atoms with Crippen molar-refractivity contribution in [2.75, 3.05) is 19.7 Å². The fourth-order valence-electron chi connectivity index (χ4n) is 5.16. The fraction of sp³-hybridized carbons (Fsp3) is 0.333. The number of benzene rings is 3. The van der Waals surface area contributed by atoms with Gasteiger partial charge in [-0.2, -0.15) is 0 Å². The number of ether oxygens (including phenoxy) is 3. The van der Waals surface area contributed by atoms with Crippen molar-refractivity contribution >= 4 is 0 Å². The lowest BCUT2D eigenvalue weighted by Gasteiger charge is -2.43. The van der Waals surface area contributed by atoms with E-state index in [0.29, 0.717) is 25.4 Å². The number of alkyl halides is 6. The number of para-hydroxylation sites is 2. The summed E-state index contributed by atoms with van der Waals surface area (Å²) in [5, 5.41) is 12.3. The average molecular weight is 580 g/mol. The van der Waals surface area contributed by atoms with Crippen LogP contribution in [-0.4, -0.2) is 42.4 Å². The van der Waals surface area contributed by atoms with E-state index in [9.17, 15) is 31.4 Å². The molecule has 3 aromatic carbocycles. The molecule has 1 fully saturated rings. The van der Waals surface area contributed by atoms with Crippen LogP contribution in [0.5, 0.6) is 17.2 Å². The normalized spacial score (nSPS) is 15.3. The minimum Gasteiger partial charge on any atom is -0.481 e. The summed E-state index contributed by atoms with van der Waals surface area (Å²) in [4.78, 5) is 2.09. The van der Waals surface area contributed by atoms with Gasteiger partial charge in [-0.3, -0.25) is 4.90 Å². The zero-order valence-electron chi connectivity index (χ0n) is 21.7. The zero-order chi connectivity index (χ0) is 29.7. The SMILES string of the molecule is C#CCOc1ccc(CN2CCC(C(O)(c3ccccc3OC(F)(F)F)c3ccccc3OC(F)(F)F)CC2)cc1. The van der Waals surface area contributed by atoms with Gasteiger partial charge in [0.15, 0.2) is 0 Å². The third-order valence-electron chi connectivity index (χ3n) is 6.88. The number of halogens is 6. The Labute approximate surface area is 233 Å². The van der Waals surface area contributed by atoms with Crippen molar-refractivity contribution in [3.63, 3.8) is 0 Å². The summed E-state index contributed by atoms with van der Waals surface area (Å²) in [6.45, 7) is 1.53. The van der Waals surface area contributed by atoms with E-state index in [1.807, 2.05) is 12.1 Å². The summed E-state index contributed by atoms with van der Waals surface area (Å²) in [6.07, 6.45) is -4.46. The van der Waals surface area contributed by atoms with Crippen molar-refractivity contribution < 1.29 is 45.7 Å². The highest BCUT2D eigenvalue weighted by Gasteiger charge is 2.47. The molecule has 11 heteroatoms. The van der Waals surface area contributed by atoms with E-state index < -0.39 is 35.7 Å².